The fourth-order valence-electron chi connectivity index (χ4n) is 3.66. The van der Waals surface area contributed by atoms with Crippen molar-refractivity contribution in [3.63, 3.8) is 0 Å². The maximum Gasteiger partial charge on any atom is 0.416 e. The molecular weight excluding hydrogens is 411 g/mol. The summed E-state index contributed by atoms with van der Waals surface area (Å²) in [6, 6.07) is 7.05. The molecule has 10 heteroatoms. The van der Waals surface area contributed by atoms with E-state index in [2.05, 4.69) is 20.4 Å². The van der Waals surface area contributed by atoms with Gasteiger partial charge in [0.2, 0.25) is 0 Å². The molecule has 0 saturated carbocycles. The first-order chi connectivity index (χ1) is 14.9. The quantitative estimate of drug-likeness (QED) is 0.647. The molecule has 1 aromatic carbocycles. The molecule has 0 fully saturated rings. The summed E-state index contributed by atoms with van der Waals surface area (Å²) in [4.78, 5) is 14.1. The predicted octanol–water partition coefficient (Wildman–Crippen LogP) is 2.92. The second-order valence-electron chi connectivity index (χ2n) is 7.43. The first-order valence-corrected chi connectivity index (χ1v) is 10.00. The Kier molecular flexibility index (Phi) is 6.08. The van der Waals surface area contributed by atoms with E-state index in [0.717, 1.165) is 17.7 Å². The van der Waals surface area contributed by atoms with Gasteiger partial charge in [-0.3, -0.25) is 9.69 Å². The average Bonchev–Trinajstić information content (AvgIpc) is 3.36. The molecule has 3 heterocycles. The number of carbonyl (C=O) groups is 1. The van der Waals surface area contributed by atoms with Crippen molar-refractivity contribution in [3.8, 4) is 0 Å². The molecular formula is C21H22F3N5O2. The highest BCUT2D eigenvalue weighted by Crippen LogP contribution is 2.29. The summed E-state index contributed by atoms with van der Waals surface area (Å²) in [5.41, 5.74) is 0.469. The Morgan fingerprint density at radius 1 is 1.16 bits per heavy atom. The molecule has 1 N–H and O–H groups in total. The Balaban J connectivity index is 1.33. The van der Waals surface area contributed by atoms with E-state index in [1.54, 1.807) is 12.1 Å². The number of benzene rings is 1. The lowest BCUT2D eigenvalue weighted by atomic mass is 10.1. The third-order valence-corrected chi connectivity index (χ3v) is 5.27. The van der Waals surface area contributed by atoms with Crippen LogP contribution in [0.1, 0.15) is 33.1 Å². The van der Waals surface area contributed by atoms with Gasteiger partial charge in [-0.1, -0.05) is 18.2 Å². The van der Waals surface area contributed by atoms with Crippen molar-refractivity contribution in [1.82, 2.24) is 25.0 Å². The van der Waals surface area contributed by atoms with Gasteiger partial charge in [0.1, 0.15) is 17.9 Å². The number of hydrogen-bond acceptors (Lipinski definition) is 5. The van der Waals surface area contributed by atoms with Gasteiger partial charge in [-0.15, -0.1) is 10.2 Å². The molecule has 7 nitrogen and oxygen atoms in total. The van der Waals surface area contributed by atoms with Gasteiger partial charge in [0, 0.05) is 45.6 Å². The van der Waals surface area contributed by atoms with E-state index in [9.17, 15) is 18.0 Å². The highest BCUT2D eigenvalue weighted by Gasteiger charge is 2.30. The molecule has 0 spiro atoms. The molecule has 0 bridgehead atoms. The zero-order chi connectivity index (χ0) is 21.8. The molecule has 1 aliphatic heterocycles. The molecule has 3 aromatic rings. The average molecular weight is 433 g/mol. The van der Waals surface area contributed by atoms with Crippen molar-refractivity contribution in [1.29, 1.82) is 0 Å². The molecule has 31 heavy (non-hydrogen) atoms. The molecule has 1 amide bonds. The number of carbonyl (C=O) groups excluding carboxylic acids is 1. The monoisotopic (exact) mass is 433 g/mol. The van der Waals surface area contributed by atoms with Crippen molar-refractivity contribution < 1.29 is 22.4 Å². The van der Waals surface area contributed by atoms with Crippen LogP contribution in [0.25, 0.3) is 0 Å². The minimum Gasteiger partial charge on any atom is -0.472 e. The van der Waals surface area contributed by atoms with E-state index < -0.39 is 11.7 Å². The van der Waals surface area contributed by atoms with Crippen LogP contribution in [0.2, 0.25) is 0 Å². The van der Waals surface area contributed by atoms with Gasteiger partial charge < -0.3 is 14.3 Å². The number of aromatic nitrogens is 3. The van der Waals surface area contributed by atoms with E-state index in [0.29, 0.717) is 56.7 Å². The molecule has 164 valence electrons. The van der Waals surface area contributed by atoms with Crippen molar-refractivity contribution in [2.75, 3.05) is 19.6 Å². The van der Waals surface area contributed by atoms with E-state index in [1.165, 1.54) is 24.7 Å². The number of fused-ring (bicyclic) bond motifs is 1. The Hall–Kier alpha value is -3.14. The largest absolute Gasteiger partial charge is 0.472 e. The molecule has 0 unspecified atom stereocenters. The van der Waals surface area contributed by atoms with E-state index >= 15 is 0 Å². The van der Waals surface area contributed by atoms with Crippen molar-refractivity contribution in [2.45, 2.75) is 32.1 Å². The van der Waals surface area contributed by atoms with Crippen LogP contribution in [-0.4, -0.2) is 45.2 Å². The molecule has 0 aliphatic carbocycles. The van der Waals surface area contributed by atoms with Crippen LogP contribution < -0.4 is 5.32 Å². The summed E-state index contributed by atoms with van der Waals surface area (Å²) < 4.78 is 45.8. The summed E-state index contributed by atoms with van der Waals surface area (Å²) in [5, 5.41) is 11.3. The van der Waals surface area contributed by atoms with Crippen molar-refractivity contribution in [2.24, 2.45) is 0 Å². The van der Waals surface area contributed by atoms with E-state index in [4.69, 9.17) is 4.42 Å². The van der Waals surface area contributed by atoms with Gasteiger partial charge in [-0.2, -0.15) is 13.2 Å². The SMILES string of the molecule is O=C(NCCc1nnc2n1CCN(Cc1cccc(C(F)(F)F)c1)CC2)c1ccoc1. The van der Waals surface area contributed by atoms with Gasteiger partial charge in [0.25, 0.3) is 5.91 Å². The summed E-state index contributed by atoms with van der Waals surface area (Å²) in [6.07, 6.45) is -0.321. The second kappa shape index (κ2) is 8.93. The fraction of sp³-hybridized carbons (Fsp3) is 0.381. The lowest BCUT2D eigenvalue weighted by Gasteiger charge is -2.20. The van der Waals surface area contributed by atoms with Gasteiger partial charge in [-0.25, -0.2) is 0 Å². The van der Waals surface area contributed by atoms with Crippen LogP contribution in [0, 0.1) is 0 Å². The van der Waals surface area contributed by atoms with Gasteiger partial charge in [0.15, 0.2) is 0 Å². The second-order valence-corrected chi connectivity index (χ2v) is 7.43. The molecule has 0 atom stereocenters. The highest BCUT2D eigenvalue weighted by molar-refractivity contribution is 5.93. The van der Waals surface area contributed by atoms with Crippen LogP contribution in [0.5, 0.6) is 0 Å². The van der Waals surface area contributed by atoms with Crippen molar-refractivity contribution >= 4 is 5.91 Å². The number of rotatable bonds is 6. The van der Waals surface area contributed by atoms with Gasteiger partial charge >= 0.3 is 6.18 Å². The Morgan fingerprint density at radius 2 is 2.03 bits per heavy atom. The third-order valence-electron chi connectivity index (χ3n) is 5.27. The Morgan fingerprint density at radius 3 is 2.81 bits per heavy atom. The standard InChI is InChI=1S/C21H22F3N5O2/c22-21(23,24)17-3-1-2-15(12-17)13-28-8-5-19-27-26-18(29(19)10-9-28)4-7-25-20(30)16-6-11-31-14-16/h1-3,6,11-12,14H,4-5,7-10,13H2,(H,25,30). The predicted molar refractivity (Wildman–Crippen MR) is 105 cm³/mol. The highest BCUT2D eigenvalue weighted by atomic mass is 19.4. The molecule has 4 rings (SSSR count). The number of furan rings is 1. The number of halogens is 3. The zero-order valence-electron chi connectivity index (χ0n) is 16.7. The van der Waals surface area contributed by atoms with Crippen LogP contribution in [0.15, 0.2) is 47.3 Å². The van der Waals surface area contributed by atoms with Crippen LogP contribution in [0.4, 0.5) is 13.2 Å². The van der Waals surface area contributed by atoms with E-state index in [1.807, 2.05) is 4.57 Å². The lowest BCUT2D eigenvalue weighted by molar-refractivity contribution is -0.137. The molecule has 0 radical (unpaired) electrons. The Labute approximate surface area is 176 Å². The summed E-state index contributed by atoms with van der Waals surface area (Å²) in [7, 11) is 0. The zero-order valence-corrected chi connectivity index (χ0v) is 16.7. The normalized spacial score (nSPS) is 14.8. The van der Waals surface area contributed by atoms with Crippen LogP contribution >= 0.6 is 0 Å². The van der Waals surface area contributed by atoms with E-state index in [-0.39, 0.29) is 5.91 Å². The third kappa shape index (κ3) is 5.13. The first kappa shape index (κ1) is 21.1. The molecule has 1 aliphatic rings. The summed E-state index contributed by atoms with van der Waals surface area (Å²) in [5.74, 6) is 1.42. The minimum atomic E-state index is -4.34. The lowest BCUT2D eigenvalue weighted by Crippen LogP contribution is -2.28. The number of hydrogen-bond donors (Lipinski definition) is 1. The fourth-order valence-corrected chi connectivity index (χ4v) is 3.66. The smallest absolute Gasteiger partial charge is 0.416 e. The maximum atomic E-state index is 13.0. The number of nitrogens with one attached hydrogen (secondary N) is 1. The maximum absolute atomic E-state index is 13.0. The first-order valence-electron chi connectivity index (χ1n) is 10.00. The summed E-state index contributed by atoms with van der Waals surface area (Å²) >= 11 is 0. The topological polar surface area (TPSA) is 76.2 Å². The molecule has 2 aromatic heterocycles. The van der Waals surface area contributed by atoms with Crippen LogP contribution in [0.3, 0.4) is 0 Å². The van der Waals surface area contributed by atoms with Gasteiger partial charge in [-0.05, 0) is 17.7 Å². The Bertz CT molecular complexity index is 1030. The number of nitrogens with zero attached hydrogens (tertiary/aromatic N) is 4. The summed E-state index contributed by atoms with van der Waals surface area (Å²) in [6.45, 7) is 2.86. The number of amides is 1. The van der Waals surface area contributed by atoms with Gasteiger partial charge in [0.05, 0.1) is 17.4 Å². The minimum absolute atomic E-state index is 0.211. The van der Waals surface area contributed by atoms with Crippen LogP contribution in [-0.2, 0) is 32.1 Å². The number of alkyl halides is 3. The van der Waals surface area contributed by atoms with Crippen molar-refractivity contribution in [3.05, 3.63) is 71.2 Å². The molecule has 0 saturated heterocycles.